The first-order valence-corrected chi connectivity index (χ1v) is 11.9. The number of nitrogens with two attached hydrogens (primary N) is 1. The van der Waals surface area contributed by atoms with E-state index in [-0.39, 0.29) is 5.92 Å². The summed E-state index contributed by atoms with van der Waals surface area (Å²) in [4.78, 5) is 31.0. The number of hydrogen-bond donors (Lipinski definition) is 1. The van der Waals surface area contributed by atoms with Crippen LogP contribution in [0, 0.1) is 5.92 Å². The second-order valence-corrected chi connectivity index (χ2v) is 9.72. The van der Waals surface area contributed by atoms with Gasteiger partial charge in [0.1, 0.15) is 11.9 Å². The zero-order chi connectivity index (χ0) is 23.6. The molecule has 3 aromatic rings. The van der Waals surface area contributed by atoms with Crippen LogP contribution in [0.15, 0.2) is 48.5 Å². The Balaban J connectivity index is 1.82. The van der Waals surface area contributed by atoms with E-state index in [0.717, 1.165) is 35.9 Å². The SMILES string of the molecule is CC(C)CC(C(=O)OC1(C(N)=O)CCCCC1)n1c(-c2ccc(Cl)cc2)nc2ccccc21. The maximum Gasteiger partial charge on any atom is 0.330 e. The van der Waals surface area contributed by atoms with Crippen molar-refractivity contribution < 1.29 is 14.3 Å². The fraction of sp³-hybridized carbons (Fsp3) is 0.423. The summed E-state index contributed by atoms with van der Waals surface area (Å²) in [6, 6.07) is 14.5. The molecule has 2 N–H and O–H groups in total. The quantitative estimate of drug-likeness (QED) is 0.453. The van der Waals surface area contributed by atoms with Crippen molar-refractivity contribution in [1.82, 2.24) is 9.55 Å². The monoisotopic (exact) mass is 467 g/mol. The molecule has 0 radical (unpaired) electrons. The topological polar surface area (TPSA) is 87.2 Å². The molecule has 4 rings (SSSR count). The predicted octanol–water partition coefficient (Wildman–Crippen LogP) is 5.68. The molecule has 1 aromatic heterocycles. The lowest BCUT2D eigenvalue weighted by molar-refractivity contribution is -0.174. The Morgan fingerprint density at radius 2 is 1.76 bits per heavy atom. The lowest BCUT2D eigenvalue weighted by atomic mass is 9.84. The average Bonchev–Trinajstić information content (AvgIpc) is 3.17. The molecule has 1 atom stereocenters. The number of imidazole rings is 1. The highest BCUT2D eigenvalue weighted by molar-refractivity contribution is 6.30. The smallest absolute Gasteiger partial charge is 0.330 e. The van der Waals surface area contributed by atoms with E-state index >= 15 is 0 Å². The molecule has 0 aliphatic heterocycles. The molecule has 0 saturated heterocycles. The van der Waals surface area contributed by atoms with Crippen LogP contribution in [0.5, 0.6) is 0 Å². The molecular formula is C26H30ClN3O3. The molecular weight excluding hydrogens is 438 g/mol. The first kappa shape index (κ1) is 23.3. The second kappa shape index (κ2) is 9.56. The molecule has 1 heterocycles. The lowest BCUT2D eigenvalue weighted by Crippen LogP contribution is -2.50. The Morgan fingerprint density at radius 1 is 1.09 bits per heavy atom. The van der Waals surface area contributed by atoms with Crippen molar-refractivity contribution in [3.8, 4) is 11.4 Å². The Morgan fingerprint density at radius 3 is 2.39 bits per heavy atom. The number of rotatable bonds is 7. The van der Waals surface area contributed by atoms with E-state index < -0.39 is 23.5 Å². The van der Waals surface area contributed by atoms with Crippen LogP contribution in [-0.4, -0.2) is 27.0 Å². The number of primary amides is 1. The van der Waals surface area contributed by atoms with E-state index in [1.54, 1.807) is 12.1 Å². The normalized spacial score (nSPS) is 16.6. The van der Waals surface area contributed by atoms with Crippen LogP contribution in [0.25, 0.3) is 22.4 Å². The van der Waals surface area contributed by atoms with Gasteiger partial charge in [-0.25, -0.2) is 9.78 Å². The highest BCUT2D eigenvalue weighted by Gasteiger charge is 2.43. The number of amides is 1. The summed E-state index contributed by atoms with van der Waals surface area (Å²) in [5.41, 5.74) is 6.98. The van der Waals surface area contributed by atoms with Gasteiger partial charge < -0.3 is 15.0 Å². The van der Waals surface area contributed by atoms with Crippen LogP contribution in [0.1, 0.15) is 58.4 Å². The summed E-state index contributed by atoms with van der Waals surface area (Å²) < 4.78 is 7.95. The number of halogens is 1. The van der Waals surface area contributed by atoms with E-state index in [9.17, 15) is 9.59 Å². The maximum atomic E-state index is 13.7. The van der Waals surface area contributed by atoms with Gasteiger partial charge in [-0.1, -0.05) is 44.0 Å². The van der Waals surface area contributed by atoms with Gasteiger partial charge in [0.15, 0.2) is 5.60 Å². The maximum absolute atomic E-state index is 13.7. The number of esters is 1. The van der Waals surface area contributed by atoms with Crippen molar-refractivity contribution in [2.45, 2.75) is 64.0 Å². The minimum atomic E-state index is -1.23. The number of carbonyl (C=O) groups excluding carboxylic acids is 2. The summed E-state index contributed by atoms with van der Waals surface area (Å²) >= 11 is 6.11. The zero-order valence-electron chi connectivity index (χ0n) is 19.1. The fourth-order valence-electron chi connectivity index (χ4n) is 4.70. The molecule has 0 bridgehead atoms. The third-order valence-electron chi connectivity index (χ3n) is 6.38. The van der Waals surface area contributed by atoms with Gasteiger partial charge in [0, 0.05) is 10.6 Å². The molecule has 174 valence electrons. The Kier molecular flexibility index (Phi) is 6.75. The minimum Gasteiger partial charge on any atom is -0.447 e. The van der Waals surface area contributed by atoms with Gasteiger partial charge in [-0.15, -0.1) is 0 Å². The molecule has 0 spiro atoms. The number of carbonyl (C=O) groups is 2. The third kappa shape index (κ3) is 4.76. The number of hydrogen-bond acceptors (Lipinski definition) is 4. The van der Waals surface area contributed by atoms with Gasteiger partial charge in [0.2, 0.25) is 0 Å². The van der Waals surface area contributed by atoms with E-state index in [1.807, 2.05) is 41.0 Å². The first-order chi connectivity index (χ1) is 15.8. The number of nitrogens with zero attached hydrogens (tertiary/aromatic N) is 2. The van der Waals surface area contributed by atoms with Gasteiger partial charge in [-0.2, -0.15) is 0 Å². The van der Waals surface area contributed by atoms with Crippen LogP contribution in [0.4, 0.5) is 0 Å². The molecule has 33 heavy (non-hydrogen) atoms. The third-order valence-corrected chi connectivity index (χ3v) is 6.63. The molecule has 1 fully saturated rings. The summed E-state index contributed by atoms with van der Waals surface area (Å²) in [6.07, 6.45) is 4.11. The first-order valence-electron chi connectivity index (χ1n) is 11.6. The zero-order valence-corrected chi connectivity index (χ0v) is 19.8. The van der Waals surface area contributed by atoms with Crippen molar-refractivity contribution in [3.63, 3.8) is 0 Å². The molecule has 2 aromatic carbocycles. The largest absolute Gasteiger partial charge is 0.447 e. The average molecular weight is 468 g/mol. The van der Waals surface area contributed by atoms with Gasteiger partial charge in [0.25, 0.3) is 5.91 Å². The number of fused-ring (bicyclic) bond motifs is 1. The standard InChI is InChI=1S/C26H30ClN3O3/c1-17(2)16-22(24(31)33-26(25(28)32)14-6-3-7-15-26)30-21-9-5-4-8-20(21)29-23(30)18-10-12-19(27)13-11-18/h4-5,8-13,17,22H,3,6-7,14-16H2,1-2H3,(H2,28,32). The predicted molar refractivity (Wildman–Crippen MR) is 130 cm³/mol. The van der Waals surface area contributed by atoms with Crippen LogP contribution >= 0.6 is 11.6 Å². The summed E-state index contributed by atoms with van der Waals surface area (Å²) in [6.45, 7) is 4.12. The molecule has 1 unspecified atom stereocenters. The van der Waals surface area contributed by atoms with Gasteiger partial charge in [0.05, 0.1) is 11.0 Å². The number of benzene rings is 2. The molecule has 1 saturated carbocycles. The second-order valence-electron chi connectivity index (χ2n) is 9.29. The van der Waals surface area contributed by atoms with E-state index in [1.165, 1.54) is 0 Å². The van der Waals surface area contributed by atoms with Crippen molar-refractivity contribution in [2.24, 2.45) is 11.7 Å². The molecule has 1 aliphatic carbocycles. The lowest BCUT2D eigenvalue weighted by Gasteiger charge is -2.35. The van der Waals surface area contributed by atoms with Crippen molar-refractivity contribution >= 4 is 34.5 Å². The molecule has 6 nitrogen and oxygen atoms in total. The molecule has 1 amide bonds. The summed E-state index contributed by atoms with van der Waals surface area (Å²) in [5.74, 6) is -0.139. The highest BCUT2D eigenvalue weighted by Crippen LogP contribution is 2.36. The summed E-state index contributed by atoms with van der Waals surface area (Å²) in [5, 5.41) is 0.625. The van der Waals surface area contributed by atoms with E-state index in [0.29, 0.717) is 30.1 Å². The van der Waals surface area contributed by atoms with Crippen molar-refractivity contribution in [1.29, 1.82) is 0 Å². The molecule has 1 aliphatic rings. The highest BCUT2D eigenvalue weighted by atomic mass is 35.5. The van der Waals surface area contributed by atoms with E-state index in [2.05, 4.69) is 13.8 Å². The van der Waals surface area contributed by atoms with Crippen LogP contribution < -0.4 is 5.73 Å². The fourth-order valence-corrected chi connectivity index (χ4v) is 4.82. The van der Waals surface area contributed by atoms with Crippen LogP contribution in [0.3, 0.4) is 0 Å². The van der Waals surface area contributed by atoms with Gasteiger partial charge in [-0.05, 0) is 74.4 Å². The minimum absolute atomic E-state index is 0.206. The van der Waals surface area contributed by atoms with Crippen LogP contribution in [0.2, 0.25) is 5.02 Å². The molecule has 7 heteroatoms. The van der Waals surface area contributed by atoms with Gasteiger partial charge >= 0.3 is 5.97 Å². The van der Waals surface area contributed by atoms with Crippen molar-refractivity contribution in [2.75, 3.05) is 0 Å². The van der Waals surface area contributed by atoms with Crippen molar-refractivity contribution in [3.05, 3.63) is 53.6 Å². The Labute approximate surface area is 199 Å². The Bertz CT molecular complexity index is 1150. The number of aromatic nitrogens is 2. The summed E-state index contributed by atoms with van der Waals surface area (Å²) in [7, 11) is 0. The van der Waals surface area contributed by atoms with E-state index in [4.69, 9.17) is 27.1 Å². The van der Waals surface area contributed by atoms with Crippen LogP contribution in [-0.2, 0) is 14.3 Å². The number of ether oxygens (including phenoxy) is 1. The Hall–Kier alpha value is -2.86. The number of para-hydroxylation sites is 2. The van der Waals surface area contributed by atoms with Gasteiger partial charge in [-0.3, -0.25) is 4.79 Å².